The number of hydrogen-bond acceptors (Lipinski definition) is 2. The van der Waals surface area contributed by atoms with Crippen molar-refractivity contribution in [2.24, 2.45) is 5.92 Å². The molecule has 0 aromatic heterocycles. The van der Waals surface area contributed by atoms with Crippen LogP contribution in [0.15, 0.2) is 54.6 Å². The highest BCUT2D eigenvalue weighted by Gasteiger charge is 2.22. The van der Waals surface area contributed by atoms with Crippen LogP contribution in [0.25, 0.3) is 11.1 Å². The van der Waals surface area contributed by atoms with Crippen molar-refractivity contribution in [3.05, 3.63) is 60.2 Å². The predicted molar refractivity (Wildman–Crippen MR) is 108 cm³/mol. The number of benzene rings is 2. The van der Waals surface area contributed by atoms with E-state index in [9.17, 15) is 0 Å². The molecule has 3 rings (SSSR count). The van der Waals surface area contributed by atoms with Crippen molar-refractivity contribution < 1.29 is 0 Å². The first-order valence-corrected chi connectivity index (χ1v) is 9.82. The second-order valence-corrected chi connectivity index (χ2v) is 7.66. The fourth-order valence-electron chi connectivity index (χ4n) is 3.76. The van der Waals surface area contributed by atoms with E-state index in [1.807, 2.05) is 0 Å². The second-order valence-electron chi connectivity index (χ2n) is 7.66. The molecule has 2 nitrogen and oxygen atoms in total. The first-order valence-electron chi connectivity index (χ1n) is 9.82. The topological polar surface area (TPSA) is 15.3 Å². The zero-order valence-corrected chi connectivity index (χ0v) is 15.7. The molecule has 1 aliphatic rings. The van der Waals surface area contributed by atoms with E-state index in [4.69, 9.17) is 0 Å². The highest BCUT2D eigenvalue weighted by Crippen LogP contribution is 2.26. The lowest BCUT2D eigenvalue weighted by atomic mass is 9.97. The van der Waals surface area contributed by atoms with Gasteiger partial charge in [-0.2, -0.15) is 0 Å². The van der Waals surface area contributed by atoms with Crippen molar-refractivity contribution >= 4 is 0 Å². The molecular formula is C23H32N2. The molecule has 0 saturated carbocycles. The van der Waals surface area contributed by atoms with Crippen LogP contribution >= 0.6 is 0 Å². The molecular weight excluding hydrogens is 304 g/mol. The van der Waals surface area contributed by atoms with E-state index < -0.39 is 0 Å². The van der Waals surface area contributed by atoms with Crippen molar-refractivity contribution in [3.8, 4) is 11.1 Å². The molecule has 1 aliphatic heterocycles. The summed E-state index contributed by atoms with van der Waals surface area (Å²) < 4.78 is 0. The van der Waals surface area contributed by atoms with Crippen LogP contribution in [-0.4, -0.2) is 30.6 Å². The summed E-state index contributed by atoms with van der Waals surface area (Å²) in [5.41, 5.74) is 4.16. The fourth-order valence-corrected chi connectivity index (χ4v) is 3.76. The number of piperidine rings is 1. The Hall–Kier alpha value is -1.64. The molecule has 1 fully saturated rings. The van der Waals surface area contributed by atoms with Gasteiger partial charge in [-0.3, -0.25) is 4.90 Å². The molecule has 0 bridgehead atoms. The minimum Gasteiger partial charge on any atom is -0.317 e. The van der Waals surface area contributed by atoms with Gasteiger partial charge in [0.25, 0.3) is 0 Å². The maximum Gasteiger partial charge on any atom is 0.0242 e. The molecule has 0 aliphatic carbocycles. The van der Waals surface area contributed by atoms with Gasteiger partial charge in [0.1, 0.15) is 0 Å². The lowest BCUT2D eigenvalue weighted by Crippen LogP contribution is -2.43. The van der Waals surface area contributed by atoms with Gasteiger partial charge in [0.15, 0.2) is 0 Å². The predicted octanol–water partition coefficient (Wildman–Crippen LogP) is 4.95. The lowest BCUT2D eigenvalue weighted by molar-refractivity contribution is 0.146. The first-order chi connectivity index (χ1) is 12.2. The van der Waals surface area contributed by atoms with Crippen molar-refractivity contribution in [2.75, 3.05) is 19.6 Å². The zero-order valence-electron chi connectivity index (χ0n) is 15.7. The van der Waals surface area contributed by atoms with E-state index in [1.165, 1.54) is 42.5 Å². The first kappa shape index (κ1) is 18.2. The lowest BCUT2D eigenvalue weighted by Gasteiger charge is -2.35. The van der Waals surface area contributed by atoms with Crippen molar-refractivity contribution in [1.29, 1.82) is 0 Å². The quantitative estimate of drug-likeness (QED) is 0.769. The highest BCUT2D eigenvalue weighted by atomic mass is 15.2. The van der Waals surface area contributed by atoms with E-state index in [0.717, 1.165) is 25.6 Å². The van der Waals surface area contributed by atoms with Gasteiger partial charge in [0, 0.05) is 12.6 Å². The van der Waals surface area contributed by atoms with Gasteiger partial charge >= 0.3 is 0 Å². The average Bonchev–Trinajstić information content (AvgIpc) is 2.66. The normalized spacial score (nSPS) is 15.8. The average molecular weight is 337 g/mol. The number of rotatable bonds is 7. The number of nitrogens with one attached hydrogen (secondary N) is 1. The van der Waals surface area contributed by atoms with Crippen LogP contribution in [0.3, 0.4) is 0 Å². The van der Waals surface area contributed by atoms with E-state index in [-0.39, 0.29) is 0 Å². The summed E-state index contributed by atoms with van der Waals surface area (Å²) in [6.45, 7) is 9.23. The maximum atomic E-state index is 3.51. The van der Waals surface area contributed by atoms with Crippen LogP contribution in [-0.2, 0) is 6.54 Å². The summed E-state index contributed by atoms with van der Waals surface area (Å²) in [6, 6.07) is 20.5. The van der Waals surface area contributed by atoms with Crippen LogP contribution in [0, 0.1) is 5.92 Å². The van der Waals surface area contributed by atoms with Gasteiger partial charge in [0.05, 0.1) is 0 Å². The van der Waals surface area contributed by atoms with E-state index in [0.29, 0.717) is 6.04 Å². The highest BCUT2D eigenvalue weighted by molar-refractivity contribution is 5.67. The van der Waals surface area contributed by atoms with Gasteiger partial charge in [-0.25, -0.2) is 0 Å². The molecule has 0 unspecified atom stereocenters. The second kappa shape index (κ2) is 9.17. The van der Waals surface area contributed by atoms with Gasteiger partial charge in [0.2, 0.25) is 0 Å². The van der Waals surface area contributed by atoms with Gasteiger partial charge in [-0.1, -0.05) is 68.4 Å². The molecule has 134 valence electrons. The number of hydrogen-bond donors (Lipinski definition) is 1. The summed E-state index contributed by atoms with van der Waals surface area (Å²) >= 11 is 0. The molecule has 2 aromatic rings. The van der Waals surface area contributed by atoms with Crippen LogP contribution in [0.1, 0.15) is 38.7 Å². The SMILES string of the molecule is CC(C)CCN(Cc1ccccc1-c1ccccc1)C1CCNCC1. The monoisotopic (exact) mass is 336 g/mol. The molecule has 25 heavy (non-hydrogen) atoms. The molecule has 0 atom stereocenters. The summed E-state index contributed by atoms with van der Waals surface area (Å²) in [5, 5.41) is 3.51. The third kappa shape index (κ3) is 5.17. The Morgan fingerprint density at radius 1 is 0.960 bits per heavy atom. The van der Waals surface area contributed by atoms with Crippen LogP contribution in [0.4, 0.5) is 0 Å². The Bertz CT molecular complexity index is 630. The summed E-state index contributed by atoms with van der Waals surface area (Å²) in [5.74, 6) is 0.758. The summed E-state index contributed by atoms with van der Waals surface area (Å²) in [4.78, 5) is 2.74. The van der Waals surface area contributed by atoms with E-state index >= 15 is 0 Å². The summed E-state index contributed by atoms with van der Waals surface area (Å²) in [7, 11) is 0. The Kier molecular flexibility index (Phi) is 6.66. The zero-order chi connectivity index (χ0) is 17.5. The number of nitrogens with zero attached hydrogens (tertiary/aromatic N) is 1. The summed E-state index contributed by atoms with van der Waals surface area (Å²) in [6.07, 6.45) is 3.81. The molecule has 0 radical (unpaired) electrons. The van der Waals surface area contributed by atoms with Gasteiger partial charge in [-0.15, -0.1) is 0 Å². The minimum absolute atomic E-state index is 0.712. The Morgan fingerprint density at radius 2 is 1.64 bits per heavy atom. The van der Waals surface area contributed by atoms with Gasteiger partial charge in [-0.05, 0) is 61.5 Å². The molecule has 0 amide bonds. The molecule has 1 N–H and O–H groups in total. The standard InChI is InChI=1S/C23H32N2/c1-19(2)14-17-25(22-12-15-24-16-13-22)18-21-10-6-7-11-23(21)20-8-4-3-5-9-20/h3-11,19,22,24H,12-18H2,1-2H3. The van der Waals surface area contributed by atoms with Crippen LogP contribution in [0.5, 0.6) is 0 Å². The van der Waals surface area contributed by atoms with Crippen molar-refractivity contribution in [2.45, 2.75) is 45.7 Å². The van der Waals surface area contributed by atoms with Crippen molar-refractivity contribution in [1.82, 2.24) is 10.2 Å². The maximum absolute atomic E-state index is 3.51. The third-order valence-corrected chi connectivity index (χ3v) is 5.29. The molecule has 1 saturated heterocycles. The molecule has 1 heterocycles. The third-order valence-electron chi connectivity index (χ3n) is 5.29. The van der Waals surface area contributed by atoms with Gasteiger partial charge < -0.3 is 5.32 Å². The van der Waals surface area contributed by atoms with Crippen molar-refractivity contribution in [3.63, 3.8) is 0 Å². The largest absolute Gasteiger partial charge is 0.317 e. The van der Waals surface area contributed by atoms with Crippen LogP contribution < -0.4 is 5.32 Å². The Balaban J connectivity index is 1.81. The van der Waals surface area contributed by atoms with E-state index in [1.54, 1.807) is 0 Å². The van der Waals surface area contributed by atoms with E-state index in [2.05, 4.69) is 78.7 Å². The Morgan fingerprint density at radius 3 is 2.36 bits per heavy atom. The molecule has 0 spiro atoms. The smallest absolute Gasteiger partial charge is 0.0242 e. The van der Waals surface area contributed by atoms with Crippen LogP contribution in [0.2, 0.25) is 0 Å². The minimum atomic E-state index is 0.712. The fraction of sp³-hybridized carbons (Fsp3) is 0.478. The molecule has 2 heteroatoms. The Labute approximate surface area is 153 Å². The molecule has 2 aromatic carbocycles.